The van der Waals surface area contributed by atoms with Crippen LogP contribution in [0.25, 0.3) is 0 Å². The second-order valence-corrected chi connectivity index (χ2v) is 8.36. The highest BCUT2D eigenvalue weighted by atomic mass is 35.5. The summed E-state index contributed by atoms with van der Waals surface area (Å²) < 4.78 is 0. The number of likely N-dealkylation sites (tertiary alicyclic amines) is 1. The van der Waals surface area contributed by atoms with Crippen LogP contribution < -0.4 is 11.1 Å². The van der Waals surface area contributed by atoms with E-state index in [0.717, 1.165) is 44.3 Å². The molecule has 3 rings (SSSR count). The van der Waals surface area contributed by atoms with Crippen molar-refractivity contribution in [1.29, 1.82) is 0 Å². The van der Waals surface area contributed by atoms with Crippen LogP contribution >= 0.6 is 23.7 Å². The van der Waals surface area contributed by atoms with Crippen molar-refractivity contribution in [2.45, 2.75) is 57.4 Å². The lowest BCUT2D eigenvalue weighted by atomic mass is 9.71. The molecule has 0 bridgehead atoms. The smallest absolute Gasteiger partial charge is 0.252 e. The van der Waals surface area contributed by atoms with Crippen molar-refractivity contribution < 1.29 is 9.59 Å². The molecular formula is C19H30ClN3O2S. The Bertz CT molecular complexity index is 580. The Morgan fingerprint density at radius 2 is 1.92 bits per heavy atom. The number of nitrogens with one attached hydrogen (secondary N) is 1. The molecule has 2 amide bonds. The summed E-state index contributed by atoms with van der Waals surface area (Å²) in [5, 5.41) is 6.87. The quantitative estimate of drug-likeness (QED) is 0.798. The van der Waals surface area contributed by atoms with Crippen molar-refractivity contribution >= 4 is 35.6 Å². The van der Waals surface area contributed by atoms with E-state index in [2.05, 4.69) is 5.32 Å². The Balaban J connectivity index is 0.00000243. The zero-order valence-corrected chi connectivity index (χ0v) is 16.9. The summed E-state index contributed by atoms with van der Waals surface area (Å²) in [5.74, 6) is 0.241. The number of carbonyl (C=O) groups excluding carboxylic acids is 2. The fourth-order valence-corrected chi connectivity index (χ4v) is 4.76. The van der Waals surface area contributed by atoms with Crippen molar-refractivity contribution in [3.63, 3.8) is 0 Å². The summed E-state index contributed by atoms with van der Waals surface area (Å²) in [6.07, 6.45) is 8.09. The molecule has 1 saturated heterocycles. The number of hydrogen-bond acceptors (Lipinski definition) is 4. The van der Waals surface area contributed by atoms with Gasteiger partial charge in [0.15, 0.2) is 0 Å². The monoisotopic (exact) mass is 399 g/mol. The number of thiophene rings is 1. The maximum absolute atomic E-state index is 12.7. The van der Waals surface area contributed by atoms with E-state index in [1.807, 2.05) is 21.7 Å². The van der Waals surface area contributed by atoms with Crippen LogP contribution in [0.1, 0.15) is 61.7 Å². The normalized spacial score (nSPS) is 20.3. The van der Waals surface area contributed by atoms with Gasteiger partial charge in [-0.15, -0.1) is 12.4 Å². The molecule has 26 heavy (non-hydrogen) atoms. The second kappa shape index (κ2) is 9.72. The standard InChI is InChI=1S/C19H29N3O2S.ClH/c20-14-19(7-2-1-3-8-19)12-17(23)22-9-4-16(5-10-22)21-18(24)15-6-11-25-13-15;/h6,11,13,16H,1-5,7-10,12,14,20H2,(H,21,24);1H. The highest BCUT2D eigenvalue weighted by Crippen LogP contribution is 2.39. The summed E-state index contributed by atoms with van der Waals surface area (Å²) in [4.78, 5) is 26.8. The summed E-state index contributed by atoms with van der Waals surface area (Å²) >= 11 is 1.53. The predicted molar refractivity (Wildman–Crippen MR) is 108 cm³/mol. The first-order valence-corrected chi connectivity index (χ1v) is 10.4. The first kappa shape index (κ1) is 21.2. The molecule has 1 aromatic rings. The molecule has 1 aliphatic heterocycles. The van der Waals surface area contributed by atoms with Crippen LogP contribution in [-0.4, -0.2) is 42.4 Å². The van der Waals surface area contributed by atoms with Gasteiger partial charge in [0.05, 0.1) is 0 Å². The number of nitrogens with two attached hydrogens (primary N) is 1. The van der Waals surface area contributed by atoms with E-state index in [0.29, 0.717) is 13.0 Å². The zero-order valence-electron chi connectivity index (χ0n) is 15.2. The largest absolute Gasteiger partial charge is 0.349 e. The van der Waals surface area contributed by atoms with Crippen LogP contribution in [0.15, 0.2) is 16.8 Å². The fraction of sp³-hybridized carbons (Fsp3) is 0.684. The SMILES string of the molecule is Cl.NCC1(CC(=O)N2CCC(NC(=O)c3ccsc3)CC2)CCCCC1. The van der Waals surface area contributed by atoms with Gasteiger partial charge in [0.2, 0.25) is 5.91 Å². The first-order chi connectivity index (χ1) is 12.1. The number of carbonyl (C=O) groups is 2. The third-order valence-corrected chi connectivity index (χ3v) is 6.52. The molecule has 1 aliphatic carbocycles. The molecule has 0 spiro atoms. The number of halogens is 1. The topological polar surface area (TPSA) is 75.4 Å². The van der Waals surface area contributed by atoms with Crippen molar-refractivity contribution in [3.05, 3.63) is 22.4 Å². The van der Waals surface area contributed by atoms with E-state index >= 15 is 0 Å². The average Bonchev–Trinajstić information content (AvgIpc) is 3.18. The van der Waals surface area contributed by atoms with E-state index in [1.165, 1.54) is 30.6 Å². The third kappa shape index (κ3) is 5.21. The predicted octanol–water partition coefficient (Wildman–Crippen LogP) is 3.19. The molecule has 0 radical (unpaired) electrons. The number of rotatable bonds is 5. The van der Waals surface area contributed by atoms with Gasteiger partial charge in [0, 0.05) is 36.5 Å². The first-order valence-electron chi connectivity index (χ1n) is 9.43. The van der Waals surface area contributed by atoms with Gasteiger partial charge >= 0.3 is 0 Å². The zero-order chi connectivity index (χ0) is 17.7. The van der Waals surface area contributed by atoms with Crippen LogP contribution in [0.4, 0.5) is 0 Å². The molecule has 0 atom stereocenters. The molecular weight excluding hydrogens is 370 g/mol. The Kier molecular flexibility index (Phi) is 7.92. The van der Waals surface area contributed by atoms with E-state index < -0.39 is 0 Å². The molecule has 1 aromatic heterocycles. The molecule has 3 N–H and O–H groups in total. The Morgan fingerprint density at radius 3 is 2.50 bits per heavy atom. The van der Waals surface area contributed by atoms with E-state index in [9.17, 15) is 9.59 Å². The van der Waals surface area contributed by atoms with Crippen LogP contribution in [-0.2, 0) is 4.79 Å². The average molecular weight is 400 g/mol. The number of hydrogen-bond donors (Lipinski definition) is 2. The third-order valence-electron chi connectivity index (χ3n) is 5.84. The lowest BCUT2D eigenvalue weighted by molar-refractivity contribution is -0.135. The van der Waals surface area contributed by atoms with E-state index in [-0.39, 0.29) is 35.7 Å². The van der Waals surface area contributed by atoms with Gasteiger partial charge in [0.25, 0.3) is 5.91 Å². The van der Waals surface area contributed by atoms with Crippen LogP contribution in [0.2, 0.25) is 0 Å². The molecule has 2 fully saturated rings. The van der Waals surface area contributed by atoms with Gasteiger partial charge in [-0.1, -0.05) is 19.3 Å². The molecule has 0 aromatic carbocycles. The summed E-state index contributed by atoms with van der Waals surface area (Å²) in [5.41, 5.74) is 6.78. The van der Waals surface area contributed by atoms with Gasteiger partial charge in [-0.2, -0.15) is 11.3 Å². The molecule has 0 unspecified atom stereocenters. The Labute approximate surface area is 166 Å². The summed E-state index contributed by atoms with van der Waals surface area (Å²) in [7, 11) is 0. The highest BCUT2D eigenvalue weighted by molar-refractivity contribution is 7.08. The van der Waals surface area contributed by atoms with E-state index in [4.69, 9.17) is 5.73 Å². The minimum atomic E-state index is -0.00434. The number of piperidine rings is 1. The molecule has 2 heterocycles. The van der Waals surface area contributed by atoms with Crippen LogP contribution in [0.5, 0.6) is 0 Å². The minimum absolute atomic E-state index is 0. The van der Waals surface area contributed by atoms with Crippen molar-refractivity contribution in [2.75, 3.05) is 19.6 Å². The Hall–Kier alpha value is -1.11. The molecule has 7 heteroatoms. The fourth-order valence-electron chi connectivity index (χ4n) is 4.12. The molecule has 146 valence electrons. The molecule has 1 saturated carbocycles. The van der Waals surface area contributed by atoms with Gasteiger partial charge < -0.3 is 16.0 Å². The lowest BCUT2D eigenvalue weighted by Crippen LogP contribution is -2.48. The Morgan fingerprint density at radius 1 is 1.23 bits per heavy atom. The summed E-state index contributed by atoms with van der Waals surface area (Å²) in [6.45, 7) is 2.08. The van der Waals surface area contributed by atoms with Crippen molar-refractivity contribution in [3.8, 4) is 0 Å². The van der Waals surface area contributed by atoms with Gasteiger partial charge in [-0.3, -0.25) is 9.59 Å². The highest BCUT2D eigenvalue weighted by Gasteiger charge is 2.35. The minimum Gasteiger partial charge on any atom is -0.349 e. The second-order valence-electron chi connectivity index (χ2n) is 7.58. The number of amides is 2. The molecule has 2 aliphatic rings. The van der Waals surface area contributed by atoms with Gasteiger partial charge in [-0.25, -0.2) is 0 Å². The van der Waals surface area contributed by atoms with Crippen LogP contribution in [0, 0.1) is 5.41 Å². The number of nitrogens with zero attached hydrogens (tertiary/aromatic N) is 1. The maximum atomic E-state index is 12.7. The molecule has 5 nitrogen and oxygen atoms in total. The van der Waals surface area contributed by atoms with Gasteiger partial charge in [-0.05, 0) is 49.1 Å². The van der Waals surface area contributed by atoms with Crippen molar-refractivity contribution in [1.82, 2.24) is 10.2 Å². The summed E-state index contributed by atoms with van der Waals surface area (Å²) in [6, 6.07) is 2.00. The lowest BCUT2D eigenvalue weighted by Gasteiger charge is -2.39. The van der Waals surface area contributed by atoms with Crippen LogP contribution in [0.3, 0.4) is 0 Å². The van der Waals surface area contributed by atoms with Crippen molar-refractivity contribution in [2.24, 2.45) is 11.1 Å². The maximum Gasteiger partial charge on any atom is 0.252 e. The van der Waals surface area contributed by atoms with Gasteiger partial charge in [0.1, 0.15) is 0 Å². The van der Waals surface area contributed by atoms with E-state index in [1.54, 1.807) is 0 Å².